The zero-order chi connectivity index (χ0) is 25.0. The Morgan fingerprint density at radius 2 is 1.66 bits per heavy atom. The van der Waals surface area contributed by atoms with Gasteiger partial charge in [-0.1, -0.05) is 60.3 Å². The molecule has 0 aliphatic rings. The molecule has 0 saturated heterocycles. The standard InChI is InChI=1S/C28H36Cl2N2O3/c1-34-24-11-10-21-15-20(8-9-22(21)16-24)7-6-14-35-13-5-3-2-4-12-32-19-27(33)25-17-23(29)18-26(30)28(25)31/h8-11,15-18,27,32-33H,2-7,12-14,19,31H2,1H3. The van der Waals surface area contributed by atoms with Crippen LogP contribution in [0.1, 0.15) is 49.3 Å². The highest BCUT2D eigenvalue weighted by Gasteiger charge is 2.14. The van der Waals surface area contributed by atoms with Crippen LogP contribution in [0.2, 0.25) is 10.0 Å². The number of halogens is 2. The number of hydrogen-bond donors (Lipinski definition) is 3. The van der Waals surface area contributed by atoms with Crippen molar-refractivity contribution in [3.05, 3.63) is 69.7 Å². The van der Waals surface area contributed by atoms with E-state index in [-0.39, 0.29) is 0 Å². The van der Waals surface area contributed by atoms with Gasteiger partial charge in [-0.3, -0.25) is 0 Å². The average molecular weight is 520 g/mol. The second-order valence-electron chi connectivity index (χ2n) is 8.79. The molecule has 3 aromatic rings. The molecular formula is C28H36Cl2N2O3. The minimum atomic E-state index is -0.738. The van der Waals surface area contributed by atoms with E-state index >= 15 is 0 Å². The number of benzene rings is 3. The first-order valence-electron chi connectivity index (χ1n) is 12.3. The van der Waals surface area contributed by atoms with E-state index in [1.54, 1.807) is 19.2 Å². The molecule has 3 aromatic carbocycles. The Labute approximate surface area is 218 Å². The Bertz CT molecular complexity index is 1080. The van der Waals surface area contributed by atoms with Gasteiger partial charge < -0.3 is 25.6 Å². The topological polar surface area (TPSA) is 76.7 Å². The largest absolute Gasteiger partial charge is 0.497 e. The maximum atomic E-state index is 10.4. The quantitative estimate of drug-likeness (QED) is 0.156. The molecule has 35 heavy (non-hydrogen) atoms. The summed E-state index contributed by atoms with van der Waals surface area (Å²) in [4.78, 5) is 0. The number of aryl methyl sites for hydroxylation is 1. The lowest BCUT2D eigenvalue weighted by atomic mass is 10.0. The lowest BCUT2D eigenvalue weighted by Crippen LogP contribution is -2.23. The highest BCUT2D eigenvalue weighted by molar-refractivity contribution is 6.36. The number of methoxy groups -OCH3 is 1. The van der Waals surface area contributed by atoms with Gasteiger partial charge in [-0.15, -0.1) is 0 Å². The van der Waals surface area contributed by atoms with Crippen molar-refractivity contribution in [2.24, 2.45) is 0 Å². The van der Waals surface area contributed by atoms with Crippen molar-refractivity contribution in [1.29, 1.82) is 0 Å². The van der Waals surface area contributed by atoms with Crippen LogP contribution in [0.5, 0.6) is 5.75 Å². The van der Waals surface area contributed by atoms with Crippen molar-refractivity contribution < 1.29 is 14.6 Å². The Hall–Kier alpha value is -2.02. The molecule has 3 rings (SSSR count). The third kappa shape index (κ3) is 8.85. The average Bonchev–Trinajstić information content (AvgIpc) is 2.86. The molecule has 190 valence electrons. The number of hydrogen-bond acceptors (Lipinski definition) is 5. The van der Waals surface area contributed by atoms with Gasteiger partial charge in [0.1, 0.15) is 5.75 Å². The third-order valence-corrected chi connectivity index (χ3v) is 6.61. The van der Waals surface area contributed by atoms with Crippen molar-refractivity contribution in [3.63, 3.8) is 0 Å². The van der Waals surface area contributed by atoms with Gasteiger partial charge >= 0.3 is 0 Å². The number of nitrogens with one attached hydrogen (secondary N) is 1. The Kier molecular flexibility index (Phi) is 11.4. The first-order valence-corrected chi connectivity index (χ1v) is 13.0. The number of rotatable bonds is 15. The first kappa shape index (κ1) is 27.6. The van der Waals surface area contributed by atoms with Crippen molar-refractivity contribution in [1.82, 2.24) is 5.32 Å². The monoisotopic (exact) mass is 518 g/mol. The van der Waals surface area contributed by atoms with E-state index in [1.807, 2.05) is 6.07 Å². The number of ether oxygens (including phenoxy) is 2. The van der Waals surface area contributed by atoms with E-state index < -0.39 is 6.10 Å². The number of unbranched alkanes of at least 4 members (excludes halogenated alkanes) is 3. The summed E-state index contributed by atoms with van der Waals surface area (Å²) < 4.78 is 11.1. The van der Waals surface area contributed by atoms with Crippen LogP contribution < -0.4 is 15.8 Å². The highest BCUT2D eigenvalue weighted by atomic mass is 35.5. The molecule has 7 heteroatoms. The molecule has 0 spiro atoms. The molecule has 0 heterocycles. The maximum absolute atomic E-state index is 10.4. The van der Waals surface area contributed by atoms with Gasteiger partial charge in [-0.2, -0.15) is 0 Å². The van der Waals surface area contributed by atoms with E-state index in [4.69, 9.17) is 38.4 Å². The molecule has 0 bridgehead atoms. The fourth-order valence-corrected chi connectivity index (χ4v) is 4.58. The van der Waals surface area contributed by atoms with E-state index in [9.17, 15) is 5.11 Å². The van der Waals surface area contributed by atoms with Gasteiger partial charge in [0.2, 0.25) is 0 Å². The maximum Gasteiger partial charge on any atom is 0.119 e. The van der Waals surface area contributed by atoms with Gasteiger partial charge in [-0.05, 0) is 72.8 Å². The molecule has 0 aromatic heterocycles. The zero-order valence-electron chi connectivity index (χ0n) is 20.4. The fourth-order valence-electron chi connectivity index (χ4n) is 4.07. The number of fused-ring (bicyclic) bond motifs is 1. The lowest BCUT2D eigenvalue weighted by molar-refractivity contribution is 0.127. The normalized spacial score (nSPS) is 12.2. The summed E-state index contributed by atoms with van der Waals surface area (Å²) >= 11 is 12.0. The smallest absolute Gasteiger partial charge is 0.119 e. The first-order chi connectivity index (χ1) is 17.0. The zero-order valence-corrected chi connectivity index (χ0v) is 21.9. The van der Waals surface area contributed by atoms with Gasteiger partial charge in [0.05, 0.1) is 23.9 Å². The SMILES string of the molecule is COc1ccc2cc(CCCOCCCCCCNCC(O)c3cc(Cl)cc(Cl)c3N)ccc2c1. The number of aliphatic hydroxyl groups is 1. The third-order valence-electron chi connectivity index (χ3n) is 6.08. The Morgan fingerprint density at radius 3 is 2.49 bits per heavy atom. The van der Waals surface area contributed by atoms with Gasteiger partial charge in [0.25, 0.3) is 0 Å². The highest BCUT2D eigenvalue weighted by Crippen LogP contribution is 2.31. The van der Waals surface area contributed by atoms with Crippen LogP contribution >= 0.6 is 23.2 Å². The molecule has 5 nitrogen and oxygen atoms in total. The number of anilines is 1. The Morgan fingerprint density at radius 1 is 0.914 bits per heavy atom. The number of nitrogens with two attached hydrogens (primary N) is 1. The van der Waals surface area contributed by atoms with E-state index in [1.165, 1.54) is 16.3 Å². The predicted molar refractivity (Wildman–Crippen MR) is 147 cm³/mol. The summed E-state index contributed by atoms with van der Waals surface area (Å²) in [6.45, 7) is 2.84. The van der Waals surface area contributed by atoms with Crippen molar-refractivity contribution in [2.45, 2.75) is 44.6 Å². The molecule has 0 aliphatic carbocycles. The van der Waals surface area contributed by atoms with Crippen molar-refractivity contribution in [2.75, 3.05) is 39.1 Å². The second kappa shape index (κ2) is 14.5. The molecule has 0 amide bonds. The summed E-state index contributed by atoms with van der Waals surface area (Å²) in [5.74, 6) is 0.888. The van der Waals surface area contributed by atoms with E-state index in [2.05, 4.69) is 35.6 Å². The van der Waals surface area contributed by atoms with Gasteiger partial charge in [-0.25, -0.2) is 0 Å². The lowest BCUT2D eigenvalue weighted by Gasteiger charge is -2.15. The molecule has 0 aliphatic heterocycles. The summed E-state index contributed by atoms with van der Waals surface area (Å²) in [5.41, 5.74) is 8.23. The van der Waals surface area contributed by atoms with Gasteiger partial charge in [0, 0.05) is 30.3 Å². The molecule has 1 atom stereocenters. The van der Waals surface area contributed by atoms with E-state index in [0.29, 0.717) is 27.8 Å². The minimum absolute atomic E-state index is 0.365. The minimum Gasteiger partial charge on any atom is -0.497 e. The van der Waals surface area contributed by atoms with Crippen LogP contribution in [0.4, 0.5) is 5.69 Å². The van der Waals surface area contributed by atoms with Gasteiger partial charge in [0.15, 0.2) is 0 Å². The molecule has 4 N–H and O–H groups in total. The summed E-state index contributed by atoms with van der Waals surface area (Å²) in [7, 11) is 1.69. The molecule has 0 radical (unpaired) electrons. The number of nitrogen functional groups attached to an aromatic ring is 1. The summed E-state index contributed by atoms with van der Waals surface area (Å²) in [6, 6.07) is 16.0. The van der Waals surface area contributed by atoms with Crippen LogP contribution in [0.25, 0.3) is 10.8 Å². The fraction of sp³-hybridized carbons (Fsp3) is 0.429. The summed E-state index contributed by atoms with van der Waals surface area (Å²) in [5, 5.41) is 16.9. The van der Waals surface area contributed by atoms with Crippen LogP contribution in [-0.4, -0.2) is 38.5 Å². The van der Waals surface area contributed by atoms with Crippen molar-refractivity contribution >= 4 is 39.7 Å². The molecule has 0 fully saturated rings. The predicted octanol–water partition coefficient (Wildman–Crippen LogP) is 6.57. The molecule has 0 saturated carbocycles. The van der Waals surface area contributed by atoms with Crippen LogP contribution in [0.15, 0.2) is 48.5 Å². The van der Waals surface area contributed by atoms with E-state index in [0.717, 1.165) is 64.0 Å². The molecular weight excluding hydrogens is 483 g/mol. The molecule has 1 unspecified atom stereocenters. The second-order valence-corrected chi connectivity index (χ2v) is 9.63. The number of aliphatic hydroxyl groups excluding tert-OH is 1. The van der Waals surface area contributed by atoms with Crippen LogP contribution in [-0.2, 0) is 11.2 Å². The van der Waals surface area contributed by atoms with Crippen LogP contribution in [0.3, 0.4) is 0 Å². The van der Waals surface area contributed by atoms with Crippen molar-refractivity contribution in [3.8, 4) is 5.75 Å². The van der Waals surface area contributed by atoms with Crippen LogP contribution in [0, 0.1) is 0 Å². The Balaban J connectivity index is 1.19. The summed E-state index contributed by atoms with van der Waals surface area (Å²) in [6.07, 6.45) is 5.68.